The van der Waals surface area contributed by atoms with E-state index in [9.17, 15) is 9.59 Å². The van der Waals surface area contributed by atoms with Crippen LogP contribution in [0.15, 0.2) is 23.2 Å². The minimum Gasteiger partial charge on any atom is -0.468 e. The van der Waals surface area contributed by atoms with Gasteiger partial charge in [0.1, 0.15) is 10.9 Å². The van der Waals surface area contributed by atoms with Crippen LogP contribution < -0.4 is 4.80 Å². The lowest BCUT2D eigenvalue weighted by Gasteiger charge is -2.07. The number of carbonyl (C=O) groups is 2. The number of aryl methyl sites for hydroxylation is 1. The smallest absolute Gasteiger partial charge is 0.325 e. The van der Waals surface area contributed by atoms with E-state index in [1.807, 2.05) is 13.0 Å². The number of hydrogen-bond donors (Lipinski definition) is 0. The average molecular weight is 450 g/mol. The van der Waals surface area contributed by atoms with Crippen molar-refractivity contribution in [3.8, 4) is 0 Å². The van der Waals surface area contributed by atoms with Crippen molar-refractivity contribution in [2.24, 2.45) is 4.99 Å². The summed E-state index contributed by atoms with van der Waals surface area (Å²) in [6, 6.07) is 5.06. The first-order valence-electron chi connectivity index (χ1n) is 7.21. The van der Waals surface area contributed by atoms with E-state index in [0.717, 1.165) is 27.1 Å². The number of carbonyl (C=O) groups excluding carboxylic acids is 2. The van der Waals surface area contributed by atoms with Gasteiger partial charge in [-0.2, -0.15) is 4.99 Å². The van der Waals surface area contributed by atoms with Gasteiger partial charge >= 0.3 is 5.97 Å². The van der Waals surface area contributed by atoms with Crippen LogP contribution in [0.25, 0.3) is 10.2 Å². The zero-order valence-corrected chi connectivity index (χ0v) is 17.4. The summed E-state index contributed by atoms with van der Waals surface area (Å²) in [6.07, 6.45) is 0. The van der Waals surface area contributed by atoms with Gasteiger partial charge < -0.3 is 9.30 Å². The highest BCUT2D eigenvalue weighted by Gasteiger charge is 2.17. The second-order valence-corrected chi connectivity index (χ2v) is 8.92. The Morgan fingerprint density at radius 3 is 2.58 bits per heavy atom. The third-order valence-electron chi connectivity index (χ3n) is 3.63. The minimum atomic E-state index is -0.535. The fourth-order valence-electron chi connectivity index (χ4n) is 2.37. The number of hydrogen-bond acceptors (Lipinski definition) is 5. The second kappa shape index (κ2) is 7.70. The summed E-state index contributed by atoms with van der Waals surface area (Å²) in [7, 11) is 1.30. The standard InChI is InChI=1S/C16H11Cl3N2O3S2/c1-7-9(17)3-4-10-13(7)21(6-12(22)24-2)16(25-10)20-15(23)8-5-11(18)26-14(8)19/h3-5H,6H2,1-2H3. The van der Waals surface area contributed by atoms with E-state index in [4.69, 9.17) is 39.5 Å². The van der Waals surface area contributed by atoms with Gasteiger partial charge in [-0.05, 0) is 30.7 Å². The Bertz CT molecular complexity index is 1100. The van der Waals surface area contributed by atoms with Gasteiger partial charge in [-0.15, -0.1) is 11.3 Å². The van der Waals surface area contributed by atoms with Crippen LogP contribution in [0.3, 0.4) is 0 Å². The van der Waals surface area contributed by atoms with E-state index in [1.54, 1.807) is 10.6 Å². The third-order valence-corrected chi connectivity index (χ3v) is 6.57. The topological polar surface area (TPSA) is 60.7 Å². The van der Waals surface area contributed by atoms with E-state index in [0.29, 0.717) is 14.2 Å². The van der Waals surface area contributed by atoms with E-state index >= 15 is 0 Å². The number of esters is 1. The molecule has 0 bridgehead atoms. The Kier molecular flexibility index (Phi) is 5.74. The number of amides is 1. The number of fused-ring (bicyclic) bond motifs is 1. The molecule has 5 nitrogen and oxygen atoms in total. The molecule has 136 valence electrons. The third kappa shape index (κ3) is 3.68. The maximum atomic E-state index is 12.5. The van der Waals surface area contributed by atoms with Crippen LogP contribution in [-0.2, 0) is 16.1 Å². The van der Waals surface area contributed by atoms with Crippen LogP contribution in [0, 0.1) is 6.92 Å². The first-order chi connectivity index (χ1) is 12.3. The summed E-state index contributed by atoms with van der Waals surface area (Å²) in [5, 5.41) is 0.555. The monoisotopic (exact) mass is 448 g/mol. The van der Waals surface area contributed by atoms with Gasteiger partial charge in [-0.3, -0.25) is 9.59 Å². The van der Waals surface area contributed by atoms with Gasteiger partial charge in [0.15, 0.2) is 4.80 Å². The summed E-state index contributed by atoms with van der Waals surface area (Å²) in [5.74, 6) is -0.998. The second-order valence-electron chi connectivity index (χ2n) is 5.22. The molecule has 0 spiro atoms. The van der Waals surface area contributed by atoms with Crippen LogP contribution in [0.4, 0.5) is 0 Å². The molecule has 2 heterocycles. The molecule has 0 N–H and O–H groups in total. The van der Waals surface area contributed by atoms with E-state index < -0.39 is 11.9 Å². The van der Waals surface area contributed by atoms with E-state index in [1.165, 1.54) is 24.5 Å². The van der Waals surface area contributed by atoms with Gasteiger partial charge in [0.25, 0.3) is 5.91 Å². The Morgan fingerprint density at radius 2 is 1.96 bits per heavy atom. The maximum Gasteiger partial charge on any atom is 0.325 e. The quantitative estimate of drug-likeness (QED) is 0.532. The molecular weight excluding hydrogens is 439 g/mol. The summed E-state index contributed by atoms with van der Waals surface area (Å²) in [6.45, 7) is 1.74. The first kappa shape index (κ1) is 19.4. The number of nitrogens with zero attached hydrogens (tertiary/aromatic N) is 2. The zero-order chi connectivity index (χ0) is 19.0. The van der Waals surface area contributed by atoms with E-state index in [-0.39, 0.29) is 16.4 Å². The number of benzene rings is 1. The van der Waals surface area contributed by atoms with Crippen LogP contribution in [-0.4, -0.2) is 23.6 Å². The molecule has 10 heteroatoms. The van der Waals surface area contributed by atoms with Crippen LogP contribution >= 0.6 is 57.5 Å². The van der Waals surface area contributed by atoms with Gasteiger partial charge in [-0.1, -0.05) is 46.1 Å². The largest absolute Gasteiger partial charge is 0.468 e. The lowest BCUT2D eigenvalue weighted by Crippen LogP contribution is -2.22. The van der Waals surface area contributed by atoms with Crippen molar-refractivity contribution >= 4 is 79.6 Å². The molecule has 0 unspecified atom stereocenters. The van der Waals surface area contributed by atoms with Crippen molar-refractivity contribution in [1.82, 2.24) is 4.57 Å². The number of thiazole rings is 1. The Morgan fingerprint density at radius 1 is 1.23 bits per heavy atom. The molecule has 0 aliphatic heterocycles. The Balaban J connectivity index is 2.23. The van der Waals surface area contributed by atoms with E-state index in [2.05, 4.69) is 4.99 Å². The lowest BCUT2D eigenvalue weighted by atomic mass is 10.2. The summed E-state index contributed by atoms with van der Waals surface area (Å²) >= 11 is 20.5. The number of aromatic nitrogens is 1. The van der Waals surface area contributed by atoms with Gasteiger partial charge in [0, 0.05) is 5.02 Å². The molecule has 0 saturated carbocycles. The van der Waals surface area contributed by atoms with Gasteiger partial charge in [-0.25, -0.2) is 0 Å². The summed E-state index contributed by atoms with van der Waals surface area (Å²) in [5.41, 5.74) is 1.74. The Labute approximate surface area is 171 Å². The van der Waals surface area contributed by atoms with Gasteiger partial charge in [0.05, 0.1) is 27.2 Å². The molecule has 0 atom stereocenters. The zero-order valence-electron chi connectivity index (χ0n) is 13.5. The molecule has 2 aromatic heterocycles. The van der Waals surface area contributed by atoms with Crippen molar-refractivity contribution in [3.05, 3.63) is 47.8 Å². The first-order valence-corrected chi connectivity index (χ1v) is 9.97. The van der Waals surface area contributed by atoms with Crippen molar-refractivity contribution in [3.63, 3.8) is 0 Å². The predicted octanol–water partition coefficient (Wildman–Crippen LogP) is 4.95. The molecule has 0 aliphatic rings. The van der Waals surface area contributed by atoms with Crippen molar-refractivity contribution in [2.75, 3.05) is 7.11 Å². The lowest BCUT2D eigenvalue weighted by molar-refractivity contribution is -0.141. The number of thiophene rings is 1. The Hall–Kier alpha value is -1.38. The molecule has 1 amide bonds. The van der Waals surface area contributed by atoms with Crippen molar-refractivity contribution in [2.45, 2.75) is 13.5 Å². The van der Waals surface area contributed by atoms with Crippen molar-refractivity contribution < 1.29 is 14.3 Å². The average Bonchev–Trinajstić information content (AvgIpc) is 3.11. The molecule has 0 saturated heterocycles. The number of rotatable bonds is 3. The fourth-order valence-corrected chi connectivity index (χ4v) is 5.06. The highest BCUT2D eigenvalue weighted by atomic mass is 35.5. The fraction of sp³-hybridized carbons (Fsp3) is 0.188. The summed E-state index contributed by atoms with van der Waals surface area (Å²) < 4.78 is 7.89. The number of halogens is 3. The molecule has 0 radical (unpaired) electrons. The number of methoxy groups -OCH3 is 1. The maximum absolute atomic E-state index is 12.5. The SMILES string of the molecule is COC(=O)Cn1c(=NC(=O)c2cc(Cl)sc2Cl)sc2ccc(Cl)c(C)c21. The molecular formula is C16H11Cl3N2O3S2. The van der Waals surface area contributed by atoms with Crippen LogP contribution in [0.5, 0.6) is 0 Å². The van der Waals surface area contributed by atoms with Crippen LogP contribution in [0.2, 0.25) is 13.7 Å². The normalized spacial score (nSPS) is 12.0. The molecule has 0 fully saturated rings. The molecule has 26 heavy (non-hydrogen) atoms. The van der Waals surface area contributed by atoms with Crippen LogP contribution in [0.1, 0.15) is 15.9 Å². The molecule has 0 aliphatic carbocycles. The van der Waals surface area contributed by atoms with Crippen molar-refractivity contribution in [1.29, 1.82) is 0 Å². The minimum absolute atomic E-state index is 0.0953. The van der Waals surface area contributed by atoms with Gasteiger partial charge in [0.2, 0.25) is 0 Å². The highest BCUT2D eigenvalue weighted by molar-refractivity contribution is 7.20. The molecule has 3 rings (SSSR count). The predicted molar refractivity (Wildman–Crippen MR) is 106 cm³/mol. The molecule has 3 aromatic rings. The molecule has 1 aromatic carbocycles. The number of ether oxygens (including phenoxy) is 1. The highest BCUT2D eigenvalue weighted by Crippen LogP contribution is 2.32. The summed E-state index contributed by atoms with van der Waals surface area (Å²) in [4.78, 5) is 28.9.